The van der Waals surface area contributed by atoms with Crippen LogP contribution < -0.4 is 21.3 Å². The lowest BCUT2D eigenvalue weighted by Gasteiger charge is -2.44. The normalized spacial score (nSPS) is 28.8. The molecule has 0 aromatic rings. The number of carbonyl (C=O) groups excluding carboxylic acids is 5. The fourth-order valence-electron chi connectivity index (χ4n) is 10.5. The van der Waals surface area contributed by atoms with Crippen LogP contribution in [0.4, 0.5) is 4.79 Å². The lowest BCUT2D eigenvalue weighted by atomic mass is 9.70. The summed E-state index contributed by atoms with van der Waals surface area (Å²) in [5.41, 5.74) is -1.64. The van der Waals surface area contributed by atoms with Crippen LogP contribution in [0.2, 0.25) is 0 Å². The fraction of sp³-hybridized carbons (Fsp3) is 0.875. The Morgan fingerprint density at radius 3 is 2.00 bits per heavy atom. The monoisotopic (exact) mass is 759 g/mol. The second kappa shape index (κ2) is 15.8. The quantitative estimate of drug-likeness (QED) is 0.186. The molecular weight excluding hydrogens is 695 g/mol. The predicted molar refractivity (Wildman–Crippen MR) is 202 cm³/mol. The summed E-state index contributed by atoms with van der Waals surface area (Å²) in [5, 5.41) is 11.5. The zero-order valence-electron chi connectivity index (χ0n) is 32.6. The van der Waals surface area contributed by atoms with Gasteiger partial charge in [0.2, 0.25) is 17.6 Å². The average molecular weight is 760 g/mol. The molecule has 0 bridgehead atoms. The summed E-state index contributed by atoms with van der Waals surface area (Å²) < 4.78 is 27.5. The molecule has 0 aromatic carbocycles. The van der Waals surface area contributed by atoms with Crippen molar-refractivity contribution in [2.24, 2.45) is 22.7 Å². The number of piperidine rings is 1. The molecule has 5 saturated carbocycles. The van der Waals surface area contributed by atoms with E-state index in [0.29, 0.717) is 45.1 Å². The van der Waals surface area contributed by atoms with Gasteiger partial charge < -0.3 is 26.2 Å². The second-order valence-electron chi connectivity index (χ2n) is 18.5. The number of sulfone groups is 1. The third kappa shape index (κ3) is 8.75. The Bertz CT molecular complexity index is 1510. The summed E-state index contributed by atoms with van der Waals surface area (Å²) in [6.07, 6.45) is 14.9. The molecule has 5 amide bonds. The first-order valence-electron chi connectivity index (χ1n) is 20.9. The van der Waals surface area contributed by atoms with E-state index in [4.69, 9.17) is 0 Å². The van der Waals surface area contributed by atoms with E-state index in [1.165, 1.54) is 0 Å². The second-order valence-corrected chi connectivity index (χ2v) is 20.8. The van der Waals surface area contributed by atoms with Crippen molar-refractivity contribution in [1.29, 1.82) is 0 Å². The lowest BCUT2D eigenvalue weighted by molar-refractivity contribution is -0.146. The number of ketones is 1. The van der Waals surface area contributed by atoms with Crippen molar-refractivity contribution in [2.75, 3.05) is 12.3 Å². The van der Waals surface area contributed by atoms with E-state index in [1.54, 1.807) is 4.90 Å². The number of fused-ring (bicyclic) bond motifs is 1. The number of hydrogen-bond donors (Lipinski definition) is 4. The largest absolute Gasteiger partial charge is 0.347 e. The van der Waals surface area contributed by atoms with Crippen LogP contribution in [0.25, 0.3) is 0 Å². The molecule has 1 unspecified atom stereocenters. The van der Waals surface area contributed by atoms with Gasteiger partial charge in [-0.1, -0.05) is 91.9 Å². The number of likely N-dealkylation sites (tertiary alicyclic amines) is 1. The van der Waals surface area contributed by atoms with Gasteiger partial charge in [0.05, 0.1) is 22.6 Å². The van der Waals surface area contributed by atoms with Gasteiger partial charge in [0, 0.05) is 12.6 Å². The molecule has 5 aliphatic carbocycles. The molecule has 53 heavy (non-hydrogen) atoms. The Kier molecular flexibility index (Phi) is 11.9. The highest BCUT2D eigenvalue weighted by molar-refractivity contribution is 7.92. The van der Waals surface area contributed by atoms with Crippen molar-refractivity contribution in [3.63, 3.8) is 0 Å². The van der Waals surface area contributed by atoms with Gasteiger partial charge in [-0.2, -0.15) is 0 Å². The van der Waals surface area contributed by atoms with E-state index in [0.717, 1.165) is 83.5 Å². The Morgan fingerprint density at radius 2 is 1.40 bits per heavy atom. The van der Waals surface area contributed by atoms with Gasteiger partial charge in [-0.25, -0.2) is 13.2 Å². The lowest BCUT2D eigenvalue weighted by Crippen LogP contribution is -2.65. The SMILES string of the molecule is CCCC(NC(=O)[C@@H]1[C@@H]2[C@H](CN1C(=O)[C@@H](NC(=O)NC1(CS(=O)(=O)C3CCCCC3)CCCCC1)C1(C)CCCCC1)C2(C)C)C(=O)C(=O)NC1CC1. The average Bonchev–Trinajstić information content (AvgIpc) is 3.98. The van der Waals surface area contributed by atoms with Crippen molar-refractivity contribution >= 4 is 39.4 Å². The highest BCUT2D eigenvalue weighted by atomic mass is 32.2. The Labute approximate surface area is 316 Å². The third-order valence-corrected chi connectivity index (χ3v) is 16.5. The molecule has 1 heterocycles. The summed E-state index contributed by atoms with van der Waals surface area (Å²) in [5.74, 6) is -2.21. The Balaban J connectivity index is 1.22. The molecule has 1 saturated heterocycles. The molecule has 1 aliphatic heterocycles. The van der Waals surface area contributed by atoms with E-state index in [9.17, 15) is 32.4 Å². The number of nitrogens with zero attached hydrogens (tertiary/aromatic N) is 1. The molecule has 0 aromatic heterocycles. The number of urea groups is 1. The summed E-state index contributed by atoms with van der Waals surface area (Å²) >= 11 is 0. The molecule has 298 valence electrons. The first-order valence-corrected chi connectivity index (χ1v) is 22.6. The van der Waals surface area contributed by atoms with Crippen LogP contribution in [0.15, 0.2) is 0 Å². The van der Waals surface area contributed by atoms with Crippen molar-refractivity contribution in [1.82, 2.24) is 26.2 Å². The number of rotatable bonds is 14. The molecule has 6 aliphatic rings. The highest BCUT2D eigenvalue weighted by Crippen LogP contribution is 2.65. The van der Waals surface area contributed by atoms with Crippen LogP contribution in [-0.4, -0.2) is 90.1 Å². The Hall–Kier alpha value is -2.70. The molecule has 6 fully saturated rings. The zero-order chi connectivity index (χ0) is 38.2. The first-order chi connectivity index (χ1) is 25.1. The van der Waals surface area contributed by atoms with Crippen molar-refractivity contribution in [2.45, 2.75) is 185 Å². The number of carbonyl (C=O) groups is 5. The van der Waals surface area contributed by atoms with E-state index in [-0.39, 0.29) is 40.2 Å². The number of amides is 5. The zero-order valence-corrected chi connectivity index (χ0v) is 33.4. The van der Waals surface area contributed by atoms with Crippen LogP contribution in [-0.2, 0) is 29.0 Å². The van der Waals surface area contributed by atoms with Gasteiger partial charge in [-0.15, -0.1) is 0 Å². The molecule has 13 heteroatoms. The van der Waals surface area contributed by atoms with Crippen molar-refractivity contribution < 1.29 is 32.4 Å². The molecule has 6 rings (SSSR count). The minimum absolute atomic E-state index is 0.0115. The van der Waals surface area contributed by atoms with Gasteiger partial charge in [-0.3, -0.25) is 19.2 Å². The summed E-state index contributed by atoms with van der Waals surface area (Å²) in [4.78, 5) is 71.0. The maximum atomic E-state index is 14.9. The van der Waals surface area contributed by atoms with Crippen LogP contribution in [0.5, 0.6) is 0 Å². The minimum atomic E-state index is -3.45. The van der Waals surface area contributed by atoms with Crippen LogP contribution in [0.3, 0.4) is 0 Å². The van der Waals surface area contributed by atoms with Crippen LogP contribution in [0.1, 0.15) is 150 Å². The molecule has 12 nitrogen and oxygen atoms in total. The predicted octanol–water partition coefficient (Wildman–Crippen LogP) is 4.69. The van der Waals surface area contributed by atoms with Gasteiger partial charge >= 0.3 is 6.03 Å². The molecule has 0 radical (unpaired) electrons. The smallest absolute Gasteiger partial charge is 0.315 e. The van der Waals surface area contributed by atoms with Crippen LogP contribution in [0, 0.1) is 22.7 Å². The van der Waals surface area contributed by atoms with Crippen LogP contribution >= 0.6 is 0 Å². The first kappa shape index (κ1) is 40.0. The number of Topliss-reactive ketones (excluding diaryl/α,β-unsaturated/α-hetero) is 1. The van der Waals surface area contributed by atoms with E-state index >= 15 is 0 Å². The minimum Gasteiger partial charge on any atom is -0.347 e. The Morgan fingerprint density at radius 1 is 0.792 bits per heavy atom. The summed E-state index contributed by atoms with van der Waals surface area (Å²) in [7, 11) is -3.45. The molecule has 0 spiro atoms. The topological polar surface area (TPSA) is 171 Å². The van der Waals surface area contributed by atoms with Gasteiger partial charge in [0.25, 0.3) is 5.91 Å². The van der Waals surface area contributed by atoms with Gasteiger partial charge in [0.15, 0.2) is 9.84 Å². The summed E-state index contributed by atoms with van der Waals surface area (Å²) in [6, 6.07) is -3.27. The highest BCUT2D eigenvalue weighted by Gasteiger charge is 2.70. The van der Waals surface area contributed by atoms with E-state index in [2.05, 4.69) is 35.1 Å². The molecule has 4 N–H and O–H groups in total. The molecule has 5 atom stereocenters. The maximum absolute atomic E-state index is 14.9. The fourth-order valence-corrected chi connectivity index (χ4v) is 12.9. The van der Waals surface area contributed by atoms with Gasteiger partial charge in [-0.05, 0) is 80.5 Å². The van der Waals surface area contributed by atoms with Gasteiger partial charge in [0.1, 0.15) is 12.1 Å². The van der Waals surface area contributed by atoms with E-state index in [1.807, 2.05) is 13.8 Å². The maximum Gasteiger partial charge on any atom is 0.315 e. The van der Waals surface area contributed by atoms with Crippen molar-refractivity contribution in [3.05, 3.63) is 0 Å². The van der Waals surface area contributed by atoms with Crippen molar-refractivity contribution in [3.8, 4) is 0 Å². The number of hydrogen-bond acceptors (Lipinski definition) is 7. The van der Waals surface area contributed by atoms with E-state index < -0.39 is 62.5 Å². The number of nitrogens with one attached hydrogen (secondary N) is 4. The standard InChI is InChI=1S/C40H65N5O7S/c1-5-15-29(32(46)35(48)41-26-18-19-26)42-34(47)31-30-28(38(30,2)3)24-45(31)36(49)33(39(4)20-11-7-12-21-39)43-37(50)44-40(22-13-8-14-23-40)25-53(51,52)27-16-9-6-10-17-27/h26-31,33H,5-25H2,1-4H3,(H,41,48)(H,42,47)(H2,43,44,50)/t28-,29?,30-,31-,33+/m0/s1. The summed E-state index contributed by atoms with van der Waals surface area (Å²) in [6.45, 7) is 8.50. The third-order valence-electron chi connectivity index (χ3n) is 14.0. The molecular formula is C40H65N5O7S.